The van der Waals surface area contributed by atoms with E-state index in [4.69, 9.17) is 9.15 Å². The SMILES string of the molecule is CCNC(=NCCNC(=O)c1ccco1)N1CCN(C(=O)C2CCCO2)CC1. The van der Waals surface area contributed by atoms with Gasteiger partial charge in [0, 0.05) is 45.9 Å². The molecule has 1 atom stereocenters. The number of amides is 2. The molecular weight excluding hydrogens is 362 g/mol. The lowest BCUT2D eigenvalue weighted by Gasteiger charge is -2.37. The van der Waals surface area contributed by atoms with Crippen molar-refractivity contribution < 1.29 is 18.7 Å². The molecule has 3 rings (SSSR count). The molecule has 2 fully saturated rings. The van der Waals surface area contributed by atoms with Gasteiger partial charge in [-0.15, -0.1) is 0 Å². The van der Waals surface area contributed by atoms with Crippen molar-refractivity contribution in [3.05, 3.63) is 24.2 Å². The van der Waals surface area contributed by atoms with Crippen LogP contribution in [0.3, 0.4) is 0 Å². The molecule has 28 heavy (non-hydrogen) atoms. The van der Waals surface area contributed by atoms with Gasteiger partial charge in [0.1, 0.15) is 6.10 Å². The van der Waals surface area contributed by atoms with Crippen LogP contribution in [-0.4, -0.2) is 86.1 Å². The molecule has 154 valence electrons. The predicted octanol–water partition coefficient (Wildman–Crippen LogP) is 0.298. The first-order chi connectivity index (χ1) is 13.7. The van der Waals surface area contributed by atoms with Crippen molar-refractivity contribution in [3.63, 3.8) is 0 Å². The van der Waals surface area contributed by atoms with Gasteiger partial charge >= 0.3 is 0 Å². The molecule has 2 amide bonds. The van der Waals surface area contributed by atoms with Gasteiger partial charge in [-0.2, -0.15) is 0 Å². The van der Waals surface area contributed by atoms with E-state index in [2.05, 4.69) is 20.5 Å². The lowest BCUT2D eigenvalue weighted by molar-refractivity contribution is -0.142. The smallest absolute Gasteiger partial charge is 0.287 e. The Balaban J connectivity index is 1.45. The van der Waals surface area contributed by atoms with Gasteiger partial charge in [-0.1, -0.05) is 0 Å². The van der Waals surface area contributed by atoms with Gasteiger partial charge in [0.05, 0.1) is 12.8 Å². The molecule has 0 aliphatic carbocycles. The number of nitrogens with zero attached hydrogens (tertiary/aromatic N) is 3. The van der Waals surface area contributed by atoms with Crippen LogP contribution in [0.5, 0.6) is 0 Å². The summed E-state index contributed by atoms with van der Waals surface area (Å²) in [7, 11) is 0. The quantitative estimate of drug-likeness (QED) is 0.411. The molecule has 2 aliphatic heterocycles. The van der Waals surface area contributed by atoms with E-state index in [0.29, 0.717) is 38.5 Å². The average Bonchev–Trinajstić information content (AvgIpc) is 3.44. The summed E-state index contributed by atoms with van der Waals surface area (Å²) in [6, 6.07) is 3.31. The minimum Gasteiger partial charge on any atom is -0.459 e. The molecule has 3 heterocycles. The molecule has 2 aliphatic rings. The molecule has 1 aromatic heterocycles. The number of rotatable bonds is 6. The zero-order valence-electron chi connectivity index (χ0n) is 16.4. The van der Waals surface area contributed by atoms with Crippen LogP contribution in [0.25, 0.3) is 0 Å². The Kier molecular flexibility index (Phi) is 7.30. The minimum absolute atomic E-state index is 0.111. The second-order valence-corrected chi connectivity index (χ2v) is 6.78. The van der Waals surface area contributed by atoms with Crippen molar-refractivity contribution in [2.45, 2.75) is 25.9 Å². The van der Waals surface area contributed by atoms with Gasteiger partial charge in [0.2, 0.25) is 0 Å². The summed E-state index contributed by atoms with van der Waals surface area (Å²) in [5.74, 6) is 0.966. The Hall–Kier alpha value is -2.55. The Morgan fingerprint density at radius 3 is 2.64 bits per heavy atom. The highest BCUT2D eigenvalue weighted by molar-refractivity contribution is 5.91. The number of nitrogens with one attached hydrogen (secondary N) is 2. The van der Waals surface area contributed by atoms with Crippen LogP contribution in [0.1, 0.15) is 30.3 Å². The summed E-state index contributed by atoms with van der Waals surface area (Å²) in [6.07, 6.45) is 3.00. The average molecular weight is 391 g/mol. The fraction of sp³-hybridized carbons (Fsp3) is 0.632. The van der Waals surface area contributed by atoms with E-state index in [9.17, 15) is 9.59 Å². The Bertz CT molecular complexity index is 662. The van der Waals surface area contributed by atoms with Crippen molar-refractivity contribution in [3.8, 4) is 0 Å². The number of hydrogen-bond acceptors (Lipinski definition) is 5. The van der Waals surface area contributed by atoms with Gasteiger partial charge in [-0.3, -0.25) is 14.6 Å². The Morgan fingerprint density at radius 2 is 2.00 bits per heavy atom. The molecule has 1 aromatic rings. The van der Waals surface area contributed by atoms with E-state index >= 15 is 0 Å². The van der Waals surface area contributed by atoms with Crippen LogP contribution in [0.15, 0.2) is 27.8 Å². The molecule has 0 spiro atoms. The predicted molar refractivity (Wildman–Crippen MR) is 104 cm³/mol. The molecule has 9 heteroatoms. The first kappa shape index (κ1) is 20.2. The van der Waals surface area contributed by atoms with Gasteiger partial charge in [0.15, 0.2) is 11.7 Å². The monoisotopic (exact) mass is 391 g/mol. The molecule has 0 radical (unpaired) electrons. The Labute approximate surface area is 165 Å². The van der Waals surface area contributed by atoms with E-state index in [1.807, 2.05) is 11.8 Å². The van der Waals surface area contributed by atoms with Crippen LogP contribution < -0.4 is 10.6 Å². The van der Waals surface area contributed by atoms with E-state index in [0.717, 1.165) is 38.4 Å². The van der Waals surface area contributed by atoms with E-state index in [1.165, 1.54) is 6.26 Å². The standard InChI is InChI=1S/C19H29N5O4/c1-2-20-19(22-8-7-21-17(25)15-5-3-13-27-15)24-11-9-23(10-12-24)18(26)16-6-4-14-28-16/h3,5,13,16H,2,4,6-12,14H2,1H3,(H,20,22)(H,21,25). The number of guanidine groups is 1. The van der Waals surface area contributed by atoms with Gasteiger partial charge in [-0.05, 0) is 31.9 Å². The highest BCUT2D eigenvalue weighted by Gasteiger charge is 2.30. The number of furan rings is 1. The Morgan fingerprint density at radius 1 is 1.21 bits per heavy atom. The van der Waals surface area contributed by atoms with E-state index in [1.54, 1.807) is 12.1 Å². The molecule has 9 nitrogen and oxygen atoms in total. The largest absolute Gasteiger partial charge is 0.459 e. The van der Waals surface area contributed by atoms with Crippen molar-refractivity contribution in [1.82, 2.24) is 20.4 Å². The molecule has 1 unspecified atom stereocenters. The van der Waals surface area contributed by atoms with Gasteiger partial charge in [-0.25, -0.2) is 0 Å². The lowest BCUT2D eigenvalue weighted by Crippen LogP contribution is -2.55. The van der Waals surface area contributed by atoms with Crippen molar-refractivity contribution in [1.29, 1.82) is 0 Å². The summed E-state index contributed by atoms with van der Waals surface area (Å²) in [5.41, 5.74) is 0. The minimum atomic E-state index is -0.258. The lowest BCUT2D eigenvalue weighted by atomic mass is 10.2. The van der Waals surface area contributed by atoms with Gasteiger partial charge in [0.25, 0.3) is 11.8 Å². The number of aliphatic imine (C=N–C) groups is 1. The summed E-state index contributed by atoms with van der Waals surface area (Å²) < 4.78 is 10.6. The third kappa shape index (κ3) is 5.25. The van der Waals surface area contributed by atoms with Crippen molar-refractivity contribution >= 4 is 17.8 Å². The number of ether oxygens (including phenoxy) is 1. The summed E-state index contributed by atoms with van der Waals surface area (Å²) in [5, 5.41) is 6.07. The summed E-state index contributed by atoms with van der Waals surface area (Å²) in [6.45, 7) is 7.13. The first-order valence-corrected chi connectivity index (χ1v) is 9.94. The van der Waals surface area contributed by atoms with Crippen LogP contribution >= 0.6 is 0 Å². The third-order valence-electron chi connectivity index (χ3n) is 4.83. The van der Waals surface area contributed by atoms with Crippen LogP contribution in [0, 0.1) is 0 Å². The summed E-state index contributed by atoms with van der Waals surface area (Å²) in [4.78, 5) is 33.0. The maximum atomic E-state index is 12.5. The molecule has 0 saturated carbocycles. The second-order valence-electron chi connectivity index (χ2n) is 6.78. The van der Waals surface area contributed by atoms with Crippen LogP contribution in [0.2, 0.25) is 0 Å². The molecule has 2 N–H and O–H groups in total. The number of carbonyl (C=O) groups excluding carboxylic acids is 2. The molecule has 0 aromatic carbocycles. The van der Waals surface area contributed by atoms with Gasteiger partial charge < -0.3 is 29.6 Å². The normalized spacial score (nSPS) is 20.3. The van der Waals surface area contributed by atoms with E-state index < -0.39 is 0 Å². The number of piperazine rings is 1. The summed E-state index contributed by atoms with van der Waals surface area (Å²) >= 11 is 0. The first-order valence-electron chi connectivity index (χ1n) is 9.94. The zero-order valence-corrected chi connectivity index (χ0v) is 16.4. The third-order valence-corrected chi connectivity index (χ3v) is 4.83. The maximum Gasteiger partial charge on any atom is 0.287 e. The topological polar surface area (TPSA) is 99.4 Å². The van der Waals surface area contributed by atoms with Crippen molar-refractivity contribution in [2.24, 2.45) is 4.99 Å². The fourth-order valence-electron chi connectivity index (χ4n) is 3.37. The fourth-order valence-corrected chi connectivity index (χ4v) is 3.37. The number of hydrogen-bond donors (Lipinski definition) is 2. The zero-order chi connectivity index (χ0) is 19.8. The van der Waals surface area contributed by atoms with Crippen LogP contribution in [0.4, 0.5) is 0 Å². The number of carbonyl (C=O) groups is 2. The second kappa shape index (κ2) is 10.1. The van der Waals surface area contributed by atoms with Crippen molar-refractivity contribution in [2.75, 3.05) is 52.4 Å². The molecule has 0 bridgehead atoms. The van der Waals surface area contributed by atoms with E-state index in [-0.39, 0.29) is 17.9 Å². The highest BCUT2D eigenvalue weighted by atomic mass is 16.5. The highest BCUT2D eigenvalue weighted by Crippen LogP contribution is 2.16. The maximum absolute atomic E-state index is 12.5. The molecule has 2 saturated heterocycles. The van der Waals surface area contributed by atoms with Crippen LogP contribution in [-0.2, 0) is 9.53 Å². The molecular formula is C19H29N5O4.